The second kappa shape index (κ2) is 4.57. The third-order valence-electron chi connectivity index (χ3n) is 3.90. The monoisotopic (exact) mass is 262 g/mol. The molecule has 2 aliphatic heterocycles. The Kier molecular flexibility index (Phi) is 3.02. The van der Waals surface area contributed by atoms with Gasteiger partial charge in [0.2, 0.25) is 0 Å². The summed E-state index contributed by atoms with van der Waals surface area (Å²) >= 11 is 0. The van der Waals surface area contributed by atoms with Crippen molar-refractivity contribution in [1.29, 1.82) is 5.26 Å². The van der Waals surface area contributed by atoms with E-state index in [0.29, 0.717) is 26.1 Å². The van der Waals surface area contributed by atoms with Crippen molar-refractivity contribution in [2.75, 3.05) is 13.2 Å². The first kappa shape index (κ1) is 12.5. The highest BCUT2D eigenvalue weighted by atomic mass is 19.1. The summed E-state index contributed by atoms with van der Waals surface area (Å²) in [5.74, 6) is -0.603. The maximum absolute atomic E-state index is 14.2. The van der Waals surface area contributed by atoms with Crippen molar-refractivity contribution in [2.24, 2.45) is 0 Å². The molecule has 2 unspecified atom stereocenters. The fraction of sp³-hybridized carbons (Fsp3) is 0.500. The SMILES string of the molecule is N#Cc1cccc(C2(O)CC3COCC(C2)N3)c1F. The Labute approximate surface area is 110 Å². The fourth-order valence-corrected chi connectivity index (χ4v) is 3.11. The Morgan fingerprint density at radius 1 is 1.37 bits per heavy atom. The van der Waals surface area contributed by atoms with E-state index in [4.69, 9.17) is 10.00 Å². The van der Waals surface area contributed by atoms with Gasteiger partial charge in [0.05, 0.1) is 24.4 Å². The minimum Gasteiger partial charge on any atom is -0.385 e. The zero-order chi connectivity index (χ0) is 13.5. The number of nitriles is 1. The van der Waals surface area contributed by atoms with Crippen molar-refractivity contribution >= 4 is 0 Å². The van der Waals surface area contributed by atoms with Crippen LogP contribution in [-0.2, 0) is 10.3 Å². The Morgan fingerprint density at radius 3 is 2.68 bits per heavy atom. The largest absolute Gasteiger partial charge is 0.385 e. The molecule has 0 aliphatic carbocycles. The first-order chi connectivity index (χ1) is 9.12. The van der Waals surface area contributed by atoms with E-state index in [0.717, 1.165) is 0 Å². The van der Waals surface area contributed by atoms with Gasteiger partial charge in [0.1, 0.15) is 11.9 Å². The molecule has 4 nitrogen and oxygen atoms in total. The lowest BCUT2D eigenvalue weighted by Crippen LogP contribution is -2.58. The maximum Gasteiger partial charge on any atom is 0.147 e. The molecule has 0 amide bonds. The van der Waals surface area contributed by atoms with Crippen molar-refractivity contribution < 1.29 is 14.2 Å². The lowest BCUT2D eigenvalue weighted by atomic mass is 9.77. The second-order valence-corrected chi connectivity index (χ2v) is 5.32. The van der Waals surface area contributed by atoms with Crippen molar-refractivity contribution in [3.05, 3.63) is 35.1 Å². The van der Waals surface area contributed by atoms with Crippen molar-refractivity contribution in [2.45, 2.75) is 30.5 Å². The molecule has 2 fully saturated rings. The number of nitrogens with one attached hydrogen (secondary N) is 1. The minimum atomic E-state index is -1.22. The average Bonchev–Trinajstić information content (AvgIpc) is 2.38. The van der Waals surface area contributed by atoms with Gasteiger partial charge in [-0.15, -0.1) is 0 Å². The van der Waals surface area contributed by atoms with Crippen LogP contribution in [0.5, 0.6) is 0 Å². The Balaban J connectivity index is 1.99. The molecule has 0 saturated carbocycles. The van der Waals surface area contributed by atoms with Gasteiger partial charge in [0.15, 0.2) is 0 Å². The van der Waals surface area contributed by atoms with Gasteiger partial charge in [-0.3, -0.25) is 0 Å². The van der Waals surface area contributed by atoms with E-state index in [2.05, 4.69) is 5.32 Å². The van der Waals surface area contributed by atoms with Crippen molar-refractivity contribution in [3.63, 3.8) is 0 Å². The van der Waals surface area contributed by atoms with E-state index in [-0.39, 0.29) is 23.2 Å². The number of aliphatic hydroxyl groups is 1. The molecule has 0 aromatic heterocycles. The number of piperidine rings is 1. The van der Waals surface area contributed by atoms with Gasteiger partial charge in [-0.2, -0.15) is 5.26 Å². The van der Waals surface area contributed by atoms with Crippen LogP contribution >= 0.6 is 0 Å². The van der Waals surface area contributed by atoms with E-state index in [1.165, 1.54) is 6.07 Å². The topological polar surface area (TPSA) is 65.3 Å². The van der Waals surface area contributed by atoms with E-state index < -0.39 is 11.4 Å². The molecule has 5 heteroatoms. The maximum atomic E-state index is 14.2. The zero-order valence-corrected chi connectivity index (χ0v) is 10.4. The second-order valence-electron chi connectivity index (χ2n) is 5.32. The summed E-state index contributed by atoms with van der Waals surface area (Å²) < 4.78 is 19.7. The summed E-state index contributed by atoms with van der Waals surface area (Å²) in [6.07, 6.45) is 0.796. The molecule has 0 radical (unpaired) electrons. The number of nitrogens with zero attached hydrogens (tertiary/aromatic N) is 1. The molecule has 2 N–H and O–H groups in total. The fourth-order valence-electron chi connectivity index (χ4n) is 3.11. The molecule has 2 saturated heterocycles. The van der Waals surface area contributed by atoms with Gasteiger partial charge in [-0.1, -0.05) is 12.1 Å². The molecular weight excluding hydrogens is 247 g/mol. The van der Waals surface area contributed by atoms with E-state index >= 15 is 0 Å². The van der Waals surface area contributed by atoms with Crippen LogP contribution in [0, 0.1) is 17.1 Å². The first-order valence-electron chi connectivity index (χ1n) is 6.38. The first-order valence-corrected chi connectivity index (χ1v) is 6.38. The molecule has 1 aromatic rings. The van der Waals surface area contributed by atoms with E-state index in [9.17, 15) is 9.50 Å². The molecule has 2 bridgehead atoms. The number of hydrogen-bond acceptors (Lipinski definition) is 4. The van der Waals surface area contributed by atoms with Gasteiger partial charge in [-0.25, -0.2) is 4.39 Å². The van der Waals surface area contributed by atoms with Crippen LogP contribution in [0.3, 0.4) is 0 Å². The van der Waals surface area contributed by atoms with Crippen LogP contribution < -0.4 is 5.32 Å². The summed E-state index contributed by atoms with van der Waals surface area (Å²) in [7, 11) is 0. The van der Waals surface area contributed by atoms with Gasteiger partial charge >= 0.3 is 0 Å². The number of benzene rings is 1. The number of rotatable bonds is 1. The summed E-state index contributed by atoms with van der Waals surface area (Å²) in [5, 5.41) is 23.0. The third kappa shape index (κ3) is 2.12. The predicted octanol–water partition coefficient (Wildman–Crippen LogP) is 1.04. The Hall–Kier alpha value is -1.48. The van der Waals surface area contributed by atoms with Crippen molar-refractivity contribution in [3.8, 4) is 6.07 Å². The summed E-state index contributed by atoms with van der Waals surface area (Å²) in [5.41, 5.74) is -1.02. The van der Waals surface area contributed by atoms with Gasteiger partial charge < -0.3 is 15.2 Å². The van der Waals surface area contributed by atoms with Crippen LogP contribution in [0.2, 0.25) is 0 Å². The summed E-state index contributed by atoms with van der Waals surface area (Å²) in [6.45, 7) is 1.05. The highest BCUT2D eigenvalue weighted by Gasteiger charge is 2.43. The van der Waals surface area contributed by atoms with Crippen molar-refractivity contribution in [1.82, 2.24) is 5.32 Å². The molecule has 1 aromatic carbocycles. The number of halogens is 1. The normalized spacial score (nSPS) is 33.7. The lowest BCUT2D eigenvalue weighted by Gasteiger charge is -2.45. The molecule has 2 aliphatic rings. The number of ether oxygens (including phenoxy) is 1. The summed E-state index contributed by atoms with van der Waals surface area (Å²) in [4.78, 5) is 0. The average molecular weight is 262 g/mol. The van der Waals surface area contributed by atoms with Crippen LogP contribution in [0.15, 0.2) is 18.2 Å². The smallest absolute Gasteiger partial charge is 0.147 e. The molecule has 2 heterocycles. The third-order valence-corrected chi connectivity index (χ3v) is 3.90. The minimum absolute atomic E-state index is 0.0223. The number of morpholine rings is 1. The molecular formula is C14H15FN2O2. The predicted molar refractivity (Wildman–Crippen MR) is 65.8 cm³/mol. The molecule has 19 heavy (non-hydrogen) atoms. The standard InChI is InChI=1S/C14H15FN2O2/c15-13-9(6-16)2-1-3-12(13)14(18)4-10-7-19-8-11(5-14)17-10/h1-3,10-11,17-18H,4-5,7-8H2. The van der Waals surface area contributed by atoms with E-state index in [1.807, 2.05) is 6.07 Å². The molecule has 100 valence electrons. The van der Waals surface area contributed by atoms with Gasteiger partial charge in [0, 0.05) is 17.6 Å². The lowest BCUT2D eigenvalue weighted by molar-refractivity contribution is -0.0817. The van der Waals surface area contributed by atoms with Crippen LogP contribution in [0.1, 0.15) is 24.0 Å². The highest BCUT2D eigenvalue weighted by molar-refractivity contribution is 5.38. The molecule has 0 spiro atoms. The number of hydrogen-bond donors (Lipinski definition) is 2. The zero-order valence-electron chi connectivity index (χ0n) is 10.4. The number of fused-ring (bicyclic) bond motifs is 2. The molecule has 2 atom stereocenters. The van der Waals surface area contributed by atoms with Crippen LogP contribution in [-0.4, -0.2) is 30.4 Å². The van der Waals surface area contributed by atoms with Crippen LogP contribution in [0.25, 0.3) is 0 Å². The van der Waals surface area contributed by atoms with Gasteiger partial charge in [-0.05, 0) is 18.9 Å². The Bertz CT molecular complexity index is 529. The van der Waals surface area contributed by atoms with Crippen LogP contribution in [0.4, 0.5) is 4.39 Å². The quantitative estimate of drug-likeness (QED) is 0.793. The van der Waals surface area contributed by atoms with Gasteiger partial charge in [0.25, 0.3) is 0 Å². The summed E-state index contributed by atoms with van der Waals surface area (Å²) in [6, 6.07) is 6.48. The Morgan fingerprint density at radius 2 is 2.05 bits per heavy atom. The molecule has 3 rings (SSSR count). The van der Waals surface area contributed by atoms with E-state index in [1.54, 1.807) is 12.1 Å². The highest BCUT2D eigenvalue weighted by Crippen LogP contribution is 2.38.